The Hall–Kier alpha value is -3.25. The second-order valence-corrected chi connectivity index (χ2v) is 7.43. The van der Waals surface area contributed by atoms with Crippen LogP contribution >= 0.6 is 0 Å². The van der Waals surface area contributed by atoms with Crippen molar-refractivity contribution in [2.24, 2.45) is 0 Å². The lowest BCUT2D eigenvalue weighted by Crippen LogP contribution is -2.47. The number of piperazine rings is 1. The van der Waals surface area contributed by atoms with Gasteiger partial charge in [-0.05, 0) is 44.3 Å². The molecule has 3 aromatic rings. The van der Waals surface area contributed by atoms with Crippen LogP contribution in [0.15, 0.2) is 60.8 Å². The summed E-state index contributed by atoms with van der Waals surface area (Å²) in [5, 5.41) is 3.22. The molecule has 0 aliphatic carbocycles. The third-order valence-electron chi connectivity index (χ3n) is 5.18. The molecule has 1 amide bonds. The van der Waals surface area contributed by atoms with E-state index in [4.69, 9.17) is 0 Å². The molecular weight excluding hydrogens is 362 g/mol. The van der Waals surface area contributed by atoms with Crippen LogP contribution in [0.5, 0.6) is 0 Å². The van der Waals surface area contributed by atoms with Gasteiger partial charge in [0.1, 0.15) is 0 Å². The summed E-state index contributed by atoms with van der Waals surface area (Å²) in [5.41, 5.74) is 4.68. The molecule has 1 N–H and O–H groups in total. The van der Waals surface area contributed by atoms with E-state index in [2.05, 4.69) is 58.4 Å². The van der Waals surface area contributed by atoms with Crippen LogP contribution < -0.4 is 5.32 Å². The lowest BCUT2D eigenvalue weighted by molar-refractivity contribution is 0.0664. The predicted octanol–water partition coefficient (Wildman–Crippen LogP) is 3.58. The van der Waals surface area contributed by atoms with Gasteiger partial charge in [-0.15, -0.1) is 0 Å². The fraction of sp³-hybridized carbons (Fsp3) is 0.261. The smallest absolute Gasteiger partial charge is 0.253 e. The van der Waals surface area contributed by atoms with Crippen molar-refractivity contribution in [3.05, 3.63) is 71.9 Å². The van der Waals surface area contributed by atoms with E-state index < -0.39 is 0 Å². The highest BCUT2D eigenvalue weighted by molar-refractivity contribution is 5.94. The summed E-state index contributed by atoms with van der Waals surface area (Å²) < 4.78 is 0. The average Bonchev–Trinajstić information content (AvgIpc) is 2.75. The Bertz CT molecular complexity index is 977. The number of carbonyl (C=O) groups is 1. The molecule has 0 saturated carbocycles. The summed E-state index contributed by atoms with van der Waals surface area (Å²) in [6, 6.07) is 17.6. The predicted molar refractivity (Wildman–Crippen MR) is 115 cm³/mol. The second-order valence-electron chi connectivity index (χ2n) is 7.43. The Morgan fingerprint density at radius 3 is 2.31 bits per heavy atom. The first-order valence-corrected chi connectivity index (χ1v) is 9.83. The van der Waals surface area contributed by atoms with Crippen molar-refractivity contribution in [3.8, 4) is 11.3 Å². The van der Waals surface area contributed by atoms with Gasteiger partial charge >= 0.3 is 0 Å². The summed E-state index contributed by atoms with van der Waals surface area (Å²) >= 11 is 0. The first-order valence-electron chi connectivity index (χ1n) is 9.83. The molecule has 1 fully saturated rings. The third-order valence-corrected chi connectivity index (χ3v) is 5.18. The maximum Gasteiger partial charge on any atom is 0.253 e. The molecule has 0 radical (unpaired) electrons. The number of anilines is 2. The minimum atomic E-state index is 0.0854. The van der Waals surface area contributed by atoms with Crippen LogP contribution in [-0.2, 0) is 0 Å². The number of aryl methyl sites for hydroxylation is 1. The van der Waals surface area contributed by atoms with E-state index >= 15 is 0 Å². The molecule has 1 aromatic heterocycles. The molecule has 1 saturated heterocycles. The minimum absolute atomic E-state index is 0.0854. The van der Waals surface area contributed by atoms with Gasteiger partial charge in [-0.25, -0.2) is 9.97 Å². The van der Waals surface area contributed by atoms with Crippen LogP contribution in [0, 0.1) is 6.92 Å². The van der Waals surface area contributed by atoms with Crippen LogP contribution in [0.25, 0.3) is 11.3 Å². The van der Waals surface area contributed by atoms with E-state index in [1.165, 1.54) is 5.56 Å². The van der Waals surface area contributed by atoms with Crippen molar-refractivity contribution in [2.75, 3.05) is 38.5 Å². The molecule has 1 aliphatic heterocycles. The Kier molecular flexibility index (Phi) is 5.53. The maximum absolute atomic E-state index is 12.7. The topological polar surface area (TPSA) is 61.4 Å². The van der Waals surface area contributed by atoms with E-state index in [1.807, 2.05) is 35.2 Å². The van der Waals surface area contributed by atoms with Crippen molar-refractivity contribution in [1.82, 2.24) is 19.8 Å². The molecule has 0 unspecified atom stereocenters. The number of aromatic nitrogens is 2. The summed E-state index contributed by atoms with van der Waals surface area (Å²) in [6.07, 6.45) is 1.75. The molecule has 2 heterocycles. The van der Waals surface area contributed by atoms with Crippen molar-refractivity contribution in [1.29, 1.82) is 0 Å². The maximum atomic E-state index is 12.7. The molecule has 0 spiro atoms. The lowest BCUT2D eigenvalue weighted by atomic mass is 10.1. The molecule has 0 atom stereocenters. The first-order chi connectivity index (χ1) is 14.1. The highest BCUT2D eigenvalue weighted by Crippen LogP contribution is 2.20. The fourth-order valence-corrected chi connectivity index (χ4v) is 3.32. The Balaban J connectivity index is 1.44. The van der Waals surface area contributed by atoms with Gasteiger partial charge in [0.2, 0.25) is 5.95 Å². The number of carbonyl (C=O) groups excluding carboxylic acids is 1. The van der Waals surface area contributed by atoms with Crippen LogP contribution in [0.4, 0.5) is 11.6 Å². The number of likely N-dealkylation sites (N-methyl/N-ethyl adjacent to an activating group) is 1. The van der Waals surface area contributed by atoms with Crippen LogP contribution in [0.1, 0.15) is 15.9 Å². The number of nitrogens with zero attached hydrogens (tertiary/aromatic N) is 4. The van der Waals surface area contributed by atoms with E-state index in [1.54, 1.807) is 6.20 Å². The zero-order valence-electron chi connectivity index (χ0n) is 16.8. The number of amides is 1. The second kappa shape index (κ2) is 8.41. The minimum Gasteiger partial charge on any atom is -0.336 e. The number of rotatable bonds is 4. The SMILES string of the molecule is Cc1ccc(-c2ccnc(Nc3ccc(C(=O)N4CCN(C)CC4)cc3)n2)cc1. The molecular formula is C23H25N5O. The monoisotopic (exact) mass is 387 g/mol. The molecule has 1 aliphatic rings. The van der Waals surface area contributed by atoms with Crippen molar-refractivity contribution >= 4 is 17.5 Å². The summed E-state index contributed by atoms with van der Waals surface area (Å²) in [6.45, 7) is 5.44. The van der Waals surface area contributed by atoms with E-state index in [0.29, 0.717) is 11.5 Å². The number of benzene rings is 2. The quantitative estimate of drug-likeness (QED) is 0.741. The van der Waals surface area contributed by atoms with Crippen LogP contribution in [0.2, 0.25) is 0 Å². The van der Waals surface area contributed by atoms with Gasteiger partial charge in [-0.2, -0.15) is 0 Å². The van der Waals surface area contributed by atoms with Crippen molar-refractivity contribution in [2.45, 2.75) is 6.92 Å². The van der Waals surface area contributed by atoms with E-state index in [0.717, 1.165) is 43.1 Å². The molecule has 0 bridgehead atoms. The van der Waals surface area contributed by atoms with Crippen LogP contribution in [0.3, 0.4) is 0 Å². The highest BCUT2D eigenvalue weighted by atomic mass is 16.2. The van der Waals surface area contributed by atoms with Gasteiger partial charge in [0.05, 0.1) is 5.69 Å². The van der Waals surface area contributed by atoms with Gasteiger partial charge in [0.25, 0.3) is 5.91 Å². The van der Waals surface area contributed by atoms with Gasteiger partial charge < -0.3 is 15.1 Å². The Morgan fingerprint density at radius 1 is 0.931 bits per heavy atom. The molecule has 6 nitrogen and oxygen atoms in total. The summed E-state index contributed by atoms with van der Waals surface area (Å²) in [7, 11) is 2.08. The van der Waals surface area contributed by atoms with Crippen LogP contribution in [-0.4, -0.2) is 58.9 Å². The molecule has 148 valence electrons. The summed E-state index contributed by atoms with van der Waals surface area (Å²) in [5.74, 6) is 0.614. The zero-order valence-corrected chi connectivity index (χ0v) is 16.8. The lowest BCUT2D eigenvalue weighted by Gasteiger charge is -2.32. The average molecular weight is 387 g/mol. The first kappa shape index (κ1) is 19.1. The fourth-order valence-electron chi connectivity index (χ4n) is 3.32. The Labute approximate surface area is 171 Å². The number of hydrogen-bond donors (Lipinski definition) is 1. The van der Waals surface area contributed by atoms with Gasteiger partial charge in [-0.1, -0.05) is 29.8 Å². The molecule has 2 aromatic carbocycles. The highest BCUT2D eigenvalue weighted by Gasteiger charge is 2.20. The van der Waals surface area contributed by atoms with Crippen molar-refractivity contribution in [3.63, 3.8) is 0 Å². The third kappa shape index (κ3) is 4.60. The van der Waals surface area contributed by atoms with Gasteiger partial charge in [0.15, 0.2) is 0 Å². The summed E-state index contributed by atoms with van der Waals surface area (Å²) in [4.78, 5) is 25.7. The number of nitrogens with one attached hydrogen (secondary N) is 1. The normalized spacial score (nSPS) is 14.6. The standard InChI is InChI=1S/C23H25N5O/c1-17-3-5-18(6-4-17)21-11-12-24-23(26-21)25-20-9-7-19(8-10-20)22(29)28-15-13-27(2)14-16-28/h3-12H,13-16H2,1-2H3,(H,24,25,26). The van der Waals surface area contributed by atoms with Gasteiger partial charge in [0, 0.05) is 49.2 Å². The van der Waals surface area contributed by atoms with E-state index in [-0.39, 0.29) is 5.91 Å². The number of hydrogen-bond acceptors (Lipinski definition) is 5. The molecule has 6 heteroatoms. The molecule has 29 heavy (non-hydrogen) atoms. The zero-order chi connectivity index (χ0) is 20.2. The molecule has 4 rings (SSSR count). The Morgan fingerprint density at radius 2 is 1.62 bits per heavy atom. The van der Waals surface area contributed by atoms with E-state index in [9.17, 15) is 4.79 Å². The van der Waals surface area contributed by atoms with Gasteiger partial charge in [-0.3, -0.25) is 4.79 Å². The van der Waals surface area contributed by atoms with Crippen molar-refractivity contribution < 1.29 is 4.79 Å². The largest absolute Gasteiger partial charge is 0.336 e.